The van der Waals surface area contributed by atoms with Gasteiger partial charge in [-0.3, -0.25) is 4.79 Å². The van der Waals surface area contributed by atoms with Gasteiger partial charge in [0.25, 0.3) is 0 Å². The summed E-state index contributed by atoms with van der Waals surface area (Å²) >= 11 is 4.62. The Morgan fingerprint density at radius 1 is 1.47 bits per heavy atom. The fraction of sp³-hybridized carbons (Fsp3) is 0.545. The quantitative estimate of drug-likeness (QED) is 0.832. The van der Waals surface area contributed by atoms with Gasteiger partial charge in [0.1, 0.15) is 0 Å². The highest BCUT2D eigenvalue weighted by Crippen LogP contribution is 2.29. The molecule has 0 aliphatic rings. The van der Waals surface area contributed by atoms with Crippen LogP contribution in [0.2, 0.25) is 0 Å². The molecule has 1 heterocycles. The summed E-state index contributed by atoms with van der Waals surface area (Å²) in [5, 5.41) is 2.52. The molecule has 0 saturated heterocycles. The molecular weight excluding hydrogens is 352 g/mol. The Labute approximate surface area is 126 Å². The lowest BCUT2D eigenvalue weighted by molar-refractivity contribution is -0.128. The van der Waals surface area contributed by atoms with E-state index in [2.05, 4.69) is 26.0 Å². The predicted molar refractivity (Wildman–Crippen MR) is 79.8 cm³/mol. The van der Waals surface area contributed by atoms with Crippen LogP contribution < -0.4 is 10.0 Å². The zero-order valence-electron chi connectivity index (χ0n) is 11.2. The lowest BCUT2D eigenvalue weighted by atomic mass is 9.93. The van der Waals surface area contributed by atoms with Crippen molar-refractivity contribution in [3.63, 3.8) is 0 Å². The van der Waals surface area contributed by atoms with Gasteiger partial charge in [-0.15, -0.1) is 11.3 Å². The number of hydrogen-bond donors (Lipinski definition) is 2. The average Bonchev–Trinajstić information content (AvgIpc) is 2.66. The van der Waals surface area contributed by atoms with Crippen molar-refractivity contribution in [2.45, 2.75) is 25.7 Å². The molecule has 0 atom stereocenters. The van der Waals surface area contributed by atoms with Crippen LogP contribution in [0.3, 0.4) is 0 Å². The van der Waals surface area contributed by atoms with Crippen LogP contribution >= 0.6 is 27.3 Å². The van der Waals surface area contributed by atoms with Gasteiger partial charge in [0.2, 0.25) is 15.9 Å². The molecule has 0 aliphatic carbocycles. The Morgan fingerprint density at radius 3 is 2.47 bits per heavy atom. The van der Waals surface area contributed by atoms with Crippen LogP contribution in [0.5, 0.6) is 0 Å². The summed E-state index contributed by atoms with van der Waals surface area (Å²) in [6, 6.07) is 1.56. The van der Waals surface area contributed by atoms with Crippen molar-refractivity contribution in [3.8, 4) is 0 Å². The minimum absolute atomic E-state index is 0.0436. The Balaban J connectivity index is 2.88. The average molecular weight is 369 g/mol. The van der Waals surface area contributed by atoms with Crippen LogP contribution in [0.4, 0.5) is 0 Å². The van der Waals surface area contributed by atoms with E-state index in [4.69, 9.17) is 0 Å². The second-order valence-electron chi connectivity index (χ2n) is 4.76. The fourth-order valence-electron chi connectivity index (χ4n) is 1.47. The number of carbonyl (C=O) groups is 1. The largest absolute Gasteiger partial charge is 0.359 e. The van der Waals surface area contributed by atoms with Crippen molar-refractivity contribution in [1.29, 1.82) is 0 Å². The highest BCUT2D eigenvalue weighted by Gasteiger charge is 2.29. The highest BCUT2D eigenvalue weighted by atomic mass is 79.9. The third-order valence-electron chi connectivity index (χ3n) is 2.68. The molecule has 19 heavy (non-hydrogen) atoms. The molecule has 1 rings (SSSR count). The molecule has 0 bridgehead atoms. The van der Waals surface area contributed by atoms with Crippen molar-refractivity contribution in [2.24, 2.45) is 5.41 Å². The molecular formula is C11H17BrN2O3S2. The molecule has 1 aromatic rings. The SMILES string of the molecule is CNC(=O)C(C)(C)CNS(=O)(=O)c1cc(Br)sc1C. The summed E-state index contributed by atoms with van der Waals surface area (Å²) in [4.78, 5) is 12.6. The van der Waals surface area contributed by atoms with Crippen LogP contribution in [0, 0.1) is 12.3 Å². The van der Waals surface area contributed by atoms with E-state index in [1.807, 2.05) is 0 Å². The van der Waals surface area contributed by atoms with E-state index in [-0.39, 0.29) is 17.3 Å². The summed E-state index contributed by atoms with van der Waals surface area (Å²) in [5.74, 6) is -0.210. The van der Waals surface area contributed by atoms with Crippen LogP contribution in [-0.4, -0.2) is 27.9 Å². The minimum atomic E-state index is -3.59. The first-order valence-electron chi connectivity index (χ1n) is 5.58. The minimum Gasteiger partial charge on any atom is -0.359 e. The monoisotopic (exact) mass is 368 g/mol. The van der Waals surface area contributed by atoms with Gasteiger partial charge in [-0.1, -0.05) is 0 Å². The number of nitrogens with one attached hydrogen (secondary N) is 2. The van der Waals surface area contributed by atoms with Gasteiger partial charge in [0, 0.05) is 18.5 Å². The Morgan fingerprint density at radius 2 is 2.05 bits per heavy atom. The number of amides is 1. The molecule has 8 heteroatoms. The van der Waals surface area contributed by atoms with Crippen LogP contribution in [0.1, 0.15) is 18.7 Å². The third kappa shape index (κ3) is 4.01. The molecule has 0 fully saturated rings. The van der Waals surface area contributed by atoms with Crippen LogP contribution in [0.15, 0.2) is 14.7 Å². The lowest BCUT2D eigenvalue weighted by Crippen LogP contribution is -2.43. The molecule has 0 saturated carbocycles. The smallest absolute Gasteiger partial charge is 0.241 e. The molecule has 1 aromatic heterocycles. The van der Waals surface area contributed by atoms with Crippen LogP contribution in [0.25, 0.3) is 0 Å². The van der Waals surface area contributed by atoms with E-state index in [0.717, 1.165) is 3.79 Å². The van der Waals surface area contributed by atoms with Gasteiger partial charge in [0.15, 0.2) is 0 Å². The standard InChI is InChI=1S/C11H17BrN2O3S2/c1-7-8(5-9(12)18-7)19(16,17)14-6-11(2,3)10(15)13-4/h5,14H,6H2,1-4H3,(H,13,15). The van der Waals surface area contributed by atoms with Gasteiger partial charge >= 0.3 is 0 Å². The second kappa shape index (κ2) is 5.90. The van der Waals surface area contributed by atoms with Gasteiger partial charge in [-0.2, -0.15) is 0 Å². The summed E-state index contributed by atoms with van der Waals surface area (Å²) in [5.41, 5.74) is -0.803. The molecule has 108 valence electrons. The fourth-order valence-corrected chi connectivity index (χ4v) is 5.09. The zero-order chi connectivity index (χ0) is 14.8. The molecule has 5 nitrogen and oxygen atoms in total. The number of carbonyl (C=O) groups excluding carboxylic acids is 1. The molecule has 0 aliphatic heterocycles. The molecule has 0 radical (unpaired) electrons. The molecule has 2 N–H and O–H groups in total. The predicted octanol–water partition coefficient (Wildman–Crippen LogP) is 1.87. The van der Waals surface area contributed by atoms with Crippen molar-refractivity contribution < 1.29 is 13.2 Å². The number of thiophene rings is 1. The lowest BCUT2D eigenvalue weighted by Gasteiger charge is -2.22. The summed E-state index contributed by atoms with van der Waals surface area (Å²) in [7, 11) is -2.07. The number of aryl methyl sites for hydroxylation is 1. The Kier molecular flexibility index (Phi) is 5.16. The number of sulfonamides is 1. The zero-order valence-corrected chi connectivity index (χ0v) is 14.4. The van der Waals surface area contributed by atoms with Gasteiger partial charge in [0.05, 0.1) is 14.1 Å². The first-order valence-corrected chi connectivity index (χ1v) is 8.67. The van der Waals surface area contributed by atoms with Crippen molar-refractivity contribution >= 4 is 43.2 Å². The van der Waals surface area contributed by atoms with Gasteiger partial charge in [-0.05, 0) is 42.8 Å². The van der Waals surface area contributed by atoms with Crippen molar-refractivity contribution in [3.05, 3.63) is 14.7 Å². The Bertz CT molecular complexity index is 579. The second-order valence-corrected chi connectivity index (χ2v) is 9.13. The van der Waals surface area contributed by atoms with E-state index in [0.29, 0.717) is 4.88 Å². The Hall–Kier alpha value is -0.440. The number of rotatable bonds is 5. The molecule has 0 spiro atoms. The van der Waals surface area contributed by atoms with E-state index >= 15 is 0 Å². The van der Waals surface area contributed by atoms with Crippen LogP contribution in [-0.2, 0) is 14.8 Å². The molecule has 0 unspecified atom stereocenters. The van der Waals surface area contributed by atoms with Crippen molar-refractivity contribution in [1.82, 2.24) is 10.0 Å². The summed E-state index contributed by atoms with van der Waals surface area (Å²) in [6.07, 6.45) is 0. The number of halogens is 1. The third-order valence-corrected chi connectivity index (χ3v) is 5.89. The summed E-state index contributed by atoms with van der Waals surface area (Å²) < 4.78 is 27.6. The molecule has 0 aromatic carbocycles. The highest BCUT2D eigenvalue weighted by molar-refractivity contribution is 9.11. The topological polar surface area (TPSA) is 75.3 Å². The maximum Gasteiger partial charge on any atom is 0.241 e. The first-order chi connectivity index (χ1) is 8.60. The van der Waals surface area contributed by atoms with E-state index < -0.39 is 15.4 Å². The molecule has 1 amide bonds. The number of hydrogen-bond acceptors (Lipinski definition) is 4. The summed E-state index contributed by atoms with van der Waals surface area (Å²) in [6.45, 7) is 5.16. The first kappa shape index (κ1) is 16.6. The van der Waals surface area contributed by atoms with Crippen molar-refractivity contribution in [2.75, 3.05) is 13.6 Å². The van der Waals surface area contributed by atoms with E-state index in [1.54, 1.807) is 26.8 Å². The van der Waals surface area contributed by atoms with E-state index in [9.17, 15) is 13.2 Å². The maximum atomic E-state index is 12.2. The maximum absolute atomic E-state index is 12.2. The van der Waals surface area contributed by atoms with Gasteiger partial charge < -0.3 is 5.32 Å². The van der Waals surface area contributed by atoms with Gasteiger partial charge in [-0.25, -0.2) is 13.1 Å². The van der Waals surface area contributed by atoms with E-state index in [1.165, 1.54) is 18.4 Å². The normalized spacial score (nSPS) is 12.5.